The molecule has 1 rings (SSSR count). The van der Waals surface area contributed by atoms with Gasteiger partial charge < -0.3 is 10.2 Å². The van der Waals surface area contributed by atoms with Gasteiger partial charge in [-0.25, -0.2) is 0 Å². The number of nitrogens with one attached hydrogen (secondary N) is 1. The van der Waals surface area contributed by atoms with Gasteiger partial charge in [-0.2, -0.15) is 0 Å². The average molecular weight is 268 g/mol. The van der Waals surface area contributed by atoms with Crippen molar-refractivity contribution in [3.63, 3.8) is 0 Å². The van der Waals surface area contributed by atoms with Crippen LogP contribution in [0.5, 0.6) is 0 Å². The number of carbonyl (C=O) groups is 2. The molecule has 1 fully saturated rings. The molecule has 1 heterocycles. The predicted octanol–water partition coefficient (Wildman–Crippen LogP) is 2.33. The van der Waals surface area contributed by atoms with Crippen molar-refractivity contribution >= 4 is 11.8 Å². The third kappa shape index (κ3) is 3.95. The molecule has 2 amide bonds. The topological polar surface area (TPSA) is 49.4 Å². The Morgan fingerprint density at radius 2 is 1.79 bits per heavy atom. The monoisotopic (exact) mass is 268 g/mol. The summed E-state index contributed by atoms with van der Waals surface area (Å²) < 4.78 is 0. The fourth-order valence-electron chi connectivity index (χ4n) is 2.44. The third-order valence-electron chi connectivity index (χ3n) is 4.02. The van der Waals surface area contributed by atoms with Crippen molar-refractivity contribution in [3.05, 3.63) is 0 Å². The summed E-state index contributed by atoms with van der Waals surface area (Å²) in [5, 5.41) is 2.94. The van der Waals surface area contributed by atoms with E-state index in [1.807, 2.05) is 18.7 Å². The SMILES string of the molecule is CCC1(CC)NC(=O)CCN(CCC(C)(C)C)C1=O. The van der Waals surface area contributed by atoms with Gasteiger partial charge in [0.05, 0.1) is 0 Å². The van der Waals surface area contributed by atoms with Crippen molar-refractivity contribution in [1.82, 2.24) is 10.2 Å². The first kappa shape index (κ1) is 16.0. The highest BCUT2D eigenvalue weighted by Crippen LogP contribution is 2.24. The van der Waals surface area contributed by atoms with Gasteiger partial charge in [-0.05, 0) is 24.7 Å². The molecule has 4 nitrogen and oxygen atoms in total. The van der Waals surface area contributed by atoms with Crippen LogP contribution in [0.4, 0.5) is 0 Å². The highest BCUT2D eigenvalue weighted by atomic mass is 16.2. The molecule has 0 bridgehead atoms. The molecule has 1 aliphatic heterocycles. The molecule has 0 spiro atoms. The molecule has 19 heavy (non-hydrogen) atoms. The Kier molecular flexibility index (Phi) is 4.99. The summed E-state index contributed by atoms with van der Waals surface area (Å²) in [4.78, 5) is 26.4. The molecule has 4 heteroatoms. The molecule has 1 N–H and O–H groups in total. The van der Waals surface area contributed by atoms with Gasteiger partial charge in [0, 0.05) is 19.5 Å². The van der Waals surface area contributed by atoms with Gasteiger partial charge in [0.2, 0.25) is 11.8 Å². The molecule has 0 saturated carbocycles. The first-order valence-electron chi connectivity index (χ1n) is 7.34. The van der Waals surface area contributed by atoms with Crippen molar-refractivity contribution in [2.75, 3.05) is 13.1 Å². The lowest BCUT2D eigenvalue weighted by Crippen LogP contribution is -2.56. The maximum Gasteiger partial charge on any atom is 0.248 e. The minimum Gasteiger partial charge on any atom is -0.342 e. The molecule has 110 valence electrons. The van der Waals surface area contributed by atoms with Gasteiger partial charge in [-0.1, -0.05) is 34.6 Å². The van der Waals surface area contributed by atoms with Crippen LogP contribution in [0.2, 0.25) is 0 Å². The molecule has 0 aromatic rings. The van der Waals surface area contributed by atoms with E-state index in [9.17, 15) is 9.59 Å². The Labute approximate surface area is 116 Å². The standard InChI is InChI=1S/C15H28N2O2/c1-6-15(7-2)13(19)17(10-8-12(18)16-15)11-9-14(3,4)5/h6-11H2,1-5H3,(H,16,18). The summed E-state index contributed by atoms with van der Waals surface area (Å²) in [5.74, 6) is 0.0860. The van der Waals surface area contributed by atoms with Gasteiger partial charge in [-0.15, -0.1) is 0 Å². The first-order valence-corrected chi connectivity index (χ1v) is 7.34. The number of rotatable bonds is 4. The summed E-state index contributed by atoms with van der Waals surface area (Å²) in [6.07, 6.45) is 2.67. The van der Waals surface area contributed by atoms with Crippen LogP contribution in [0, 0.1) is 5.41 Å². The Morgan fingerprint density at radius 1 is 1.21 bits per heavy atom. The van der Waals surface area contributed by atoms with E-state index in [2.05, 4.69) is 26.1 Å². The smallest absolute Gasteiger partial charge is 0.248 e. The zero-order chi connectivity index (χ0) is 14.7. The van der Waals surface area contributed by atoms with Crippen molar-refractivity contribution in [1.29, 1.82) is 0 Å². The number of amides is 2. The van der Waals surface area contributed by atoms with Gasteiger partial charge in [0.25, 0.3) is 0 Å². The molecule has 1 aliphatic rings. The average Bonchev–Trinajstić information content (AvgIpc) is 2.45. The van der Waals surface area contributed by atoms with Crippen molar-refractivity contribution in [2.45, 2.75) is 65.8 Å². The lowest BCUT2D eigenvalue weighted by atomic mass is 9.89. The quantitative estimate of drug-likeness (QED) is 0.850. The lowest BCUT2D eigenvalue weighted by molar-refractivity contribution is -0.139. The van der Waals surface area contributed by atoms with Crippen LogP contribution < -0.4 is 5.32 Å². The minimum absolute atomic E-state index is 0.00434. The van der Waals surface area contributed by atoms with Crippen molar-refractivity contribution in [3.8, 4) is 0 Å². The number of nitrogens with zero attached hydrogens (tertiary/aromatic N) is 1. The van der Waals surface area contributed by atoms with E-state index in [0.29, 0.717) is 25.8 Å². The minimum atomic E-state index is -0.689. The van der Waals surface area contributed by atoms with E-state index < -0.39 is 5.54 Å². The van der Waals surface area contributed by atoms with Crippen LogP contribution in [-0.4, -0.2) is 35.3 Å². The van der Waals surface area contributed by atoms with Crippen LogP contribution in [0.1, 0.15) is 60.3 Å². The second-order valence-electron chi connectivity index (χ2n) is 6.69. The third-order valence-corrected chi connectivity index (χ3v) is 4.02. The molecule has 0 radical (unpaired) electrons. The summed E-state index contributed by atoms with van der Waals surface area (Å²) in [7, 11) is 0. The molecule has 0 unspecified atom stereocenters. The largest absolute Gasteiger partial charge is 0.342 e. The Bertz CT molecular complexity index is 341. The van der Waals surface area contributed by atoms with E-state index in [-0.39, 0.29) is 17.2 Å². The lowest BCUT2D eigenvalue weighted by Gasteiger charge is -2.34. The number of carbonyl (C=O) groups excluding carboxylic acids is 2. The normalized spacial score (nSPS) is 20.2. The van der Waals surface area contributed by atoms with E-state index in [4.69, 9.17) is 0 Å². The number of hydrogen-bond donors (Lipinski definition) is 1. The molecule has 0 aliphatic carbocycles. The zero-order valence-electron chi connectivity index (χ0n) is 13.0. The molecular formula is C15H28N2O2. The molecule has 0 atom stereocenters. The summed E-state index contributed by atoms with van der Waals surface area (Å²) in [6.45, 7) is 11.7. The van der Waals surface area contributed by atoms with Gasteiger partial charge >= 0.3 is 0 Å². The highest BCUT2D eigenvalue weighted by Gasteiger charge is 2.41. The summed E-state index contributed by atoms with van der Waals surface area (Å²) in [5.41, 5.74) is -0.490. The van der Waals surface area contributed by atoms with Crippen LogP contribution in [0.15, 0.2) is 0 Å². The van der Waals surface area contributed by atoms with Gasteiger partial charge in [0.15, 0.2) is 0 Å². The fraction of sp³-hybridized carbons (Fsp3) is 0.867. The molecule has 0 aromatic heterocycles. The second-order valence-corrected chi connectivity index (χ2v) is 6.69. The van der Waals surface area contributed by atoms with E-state index in [0.717, 1.165) is 13.0 Å². The van der Waals surface area contributed by atoms with Crippen LogP contribution in [0.25, 0.3) is 0 Å². The zero-order valence-corrected chi connectivity index (χ0v) is 13.0. The molecule has 1 saturated heterocycles. The Morgan fingerprint density at radius 3 is 2.26 bits per heavy atom. The second kappa shape index (κ2) is 5.93. The van der Waals surface area contributed by atoms with E-state index in [1.54, 1.807) is 0 Å². The Balaban J connectivity index is 2.87. The highest BCUT2D eigenvalue weighted by molar-refractivity contribution is 5.93. The van der Waals surface area contributed by atoms with Crippen LogP contribution in [-0.2, 0) is 9.59 Å². The first-order chi connectivity index (χ1) is 8.74. The maximum absolute atomic E-state index is 12.7. The maximum atomic E-state index is 12.7. The molecule has 0 aromatic carbocycles. The van der Waals surface area contributed by atoms with Gasteiger partial charge in [-0.3, -0.25) is 9.59 Å². The summed E-state index contributed by atoms with van der Waals surface area (Å²) in [6, 6.07) is 0. The van der Waals surface area contributed by atoms with E-state index >= 15 is 0 Å². The predicted molar refractivity (Wildman–Crippen MR) is 76.7 cm³/mol. The molecular weight excluding hydrogens is 240 g/mol. The van der Waals surface area contributed by atoms with Crippen molar-refractivity contribution in [2.24, 2.45) is 5.41 Å². The van der Waals surface area contributed by atoms with Crippen molar-refractivity contribution < 1.29 is 9.59 Å². The van der Waals surface area contributed by atoms with Crippen LogP contribution >= 0.6 is 0 Å². The Hall–Kier alpha value is -1.06. The van der Waals surface area contributed by atoms with E-state index in [1.165, 1.54) is 0 Å². The fourth-order valence-corrected chi connectivity index (χ4v) is 2.44. The summed E-state index contributed by atoms with van der Waals surface area (Å²) >= 11 is 0. The van der Waals surface area contributed by atoms with Crippen LogP contribution in [0.3, 0.4) is 0 Å². The van der Waals surface area contributed by atoms with Gasteiger partial charge in [0.1, 0.15) is 5.54 Å². The number of hydrogen-bond acceptors (Lipinski definition) is 2.